The highest BCUT2D eigenvalue weighted by molar-refractivity contribution is 5.79. The molecule has 0 aromatic heterocycles. The minimum Gasteiger partial charge on any atom is -0.300 e. The van der Waals surface area contributed by atoms with E-state index in [2.05, 4.69) is 26.0 Å². The van der Waals surface area contributed by atoms with Gasteiger partial charge in [0.1, 0.15) is 5.78 Å². The van der Waals surface area contributed by atoms with Crippen LogP contribution >= 0.6 is 0 Å². The number of carbonyl (C=O) groups excluding carboxylic acids is 1. The summed E-state index contributed by atoms with van der Waals surface area (Å²) in [6.45, 7) is 4.60. The lowest BCUT2D eigenvalue weighted by Crippen LogP contribution is -2.39. The van der Waals surface area contributed by atoms with Gasteiger partial charge in [0.25, 0.3) is 0 Å². The molecule has 2 aliphatic carbocycles. The van der Waals surface area contributed by atoms with Crippen molar-refractivity contribution in [3.63, 3.8) is 0 Å². The van der Waals surface area contributed by atoms with Crippen molar-refractivity contribution in [2.45, 2.75) is 39.5 Å². The molecule has 0 bridgehead atoms. The van der Waals surface area contributed by atoms with Gasteiger partial charge in [-0.1, -0.05) is 26.0 Å². The van der Waals surface area contributed by atoms with Gasteiger partial charge in [-0.25, -0.2) is 0 Å². The van der Waals surface area contributed by atoms with Gasteiger partial charge in [-0.05, 0) is 30.1 Å². The molecule has 1 heteroatoms. The summed E-state index contributed by atoms with van der Waals surface area (Å²) in [6, 6.07) is 0. The van der Waals surface area contributed by atoms with Gasteiger partial charge < -0.3 is 0 Å². The standard InChI is InChI=1S/C12H18O/c1-9-4-3-6-12(2)7-5-10(13)8-11(9)12/h3-4,9,11H,5-8H2,1-2H3. The van der Waals surface area contributed by atoms with Crippen molar-refractivity contribution in [3.05, 3.63) is 12.2 Å². The second-order valence-electron chi connectivity index (χ2n) is 4.99. The Labute approximate surface area is 80.2 Å². The molecule has 13 heavy (non-hydrogen) atoms. The molecule has 0 radical (unpaired) electrons. The number of fused-ring (bicyclic) bond motifs is 1. The van der Waals surface area contributed by atoms with Gasteiger partial charge in [0.05, 0.1) is 0 Å². The molecular weight excluding hydrogens is 160 g/mol. The lowest BCUT2D eigenvalue weighted by Gasteiger charge is -2.45. The van der Waals surface area contributed by atoms with Crippen LogP contribution in [0.15, 0.2) is 12.2 Å². The van der Waals surface area contributed by atoms with E-state index in [4.69, 9.17) is 0 Å². The van der Waals surface area contributed by atoms with Gasteiger partial charge in [-0.15, -0.1) is 0 Å². The third-order valence-electron chi connectivity index (χ3n) is 3.98. The van der Waals surface area contributed by atoms with Crippen LogP contribution in [0, 0.1) is 17.3 Å². The number of rotatable bonds is 0. The SMILES string of the molecule is CC1C=CCC2(C)CCC(=O)CC12. The average Bonchev–Trinajstić information content (AvgIpc) is 2.08. The zero-order valence-electron chi connectivity index (χ0n) is 8.55. The molecule has 0 N–H and O–H groups in total. The van der Waals surface area contributed by atoms with E-state index in [1.807, 2.05) is 0 Å². The van der Waals surface area contributed by atoms with Gasteiger partial charge in [0.2, 0.25) is 0 Å². The lowest BCUT2D eigenvalue weighted by molar-refractivity contribution is -0.125. The van der Waals surface area contributed by atoms with Crippen molar-refractivity contribution in [3.8, 4) is 0 Å². The molecule has 1 saturated carbocycles. The van der Waals surface area contributed by atoms with Crippen LogP contribution in [0.4, 0.5) is 0 Å². The molecule has 0 aromatic carbocycles. The molecule has 1 nitrogen and oxygen atoms in total. The summed E-state index contributed by atoms with van der Waals surface area (Å²) < 4.78 is 0. The summed E-state index contributed by atoms with van der Waals surface area (Å²) in [5.41, 5.74) is 0.419. The number of ketones is 1. The van der Waals surface area contributed by atoms with E-state index in [1.165, 1.54) is 6.42 Å². The first-order valence-electron chi connectivity index (χ1n) is 5.30. The van der Waals surface area contributed by atoms with E-state index >= 15 is 0 Å². The normalized spacial score (nSPS) is 44.6. The molecule has 3 atom stereocenters. The number of allylic oxidation sites excluding steroid dienone is 2. The first-order chi connectivity index (χ1) is 6.12. The van der Waals surface area contributed by atoms with Gasteiger partial charge in [0, 0.05) is 12.8 Å². The number of hydrogen-bond donors (Lipinski definition) is 0. The van der Waals surface area contributed by atoms with Gasteiger partial charge in [-0.2, -0.15) is 0 Å². The summed E-state index contributed by atoms with van der Waals surface area (Å²) in [6.07, 6.45) is 8.50. The zero-order valence-corrected chi connectivity index (χ0v) is 8.55. The maximum atomic E-state index is 11.4. The highest BCUT2D eigenvalue weighted by Crippen LogP contribution is 2.48. The monoisotopic (exact) mass is 178 g/mol. The third-order valence-corrected chi connectivity index (χ3v) is 3.98. The van der Waals surface area contributed by atoms with Crippen molar-refractivity contribution in [1.29, 1.82) is 0 Å². The van der Waals surface area contributed by atoms with Crippen molar-refractivity contribution in [1.82, 2.24) is 0 Å². The van der Waals surface area contributed by atoms with Crippen molar-refractivity contribution in [2.75, 3.05) is 0 Å². The quantitative estimate of drug-likeness (QED) is 0.521. The Hall–Kier alpha value is -0.590. The molecule has 2 aliphatic rings. The van der Waals surface area contributed by atoms with Crippen LogP contribution in [0.2, 0.25) is 0 Å². The molecule has 0 aromatic rings. The molecule has 1 fully saturated rings. The Balaban J connectivity index is 2.24. The first-order valence-corrected chi connectivity index (χ1v) is 5.30. The minimum atomic E-state index is 0.419. The molecule has 0 aliphatic heterocycles. The van der Waals surface area contributed by atoms with E-state index in [0.29, 0.717) is 23.0 Å². The Kier molecular flexibility index (Phi) is 2.05. The fourth-order valence-electron chi connectivity index (χ4n) is 2.96. The predicted octanol–water partition coefficient (Wildman–Crippen LogP) is 2.96. The number of carbonyl (C=O) groups is 1. The molecule has 0 spiro atoms. The second kappa shape index (κ2) is 2.97. The fourth-order valence-corrected chi connectivity index (χ4v) is 2.96. The molecule has 0 heterocycles. The van der Waals surface area contributed by atoms with Crippen molar-refractivity contribution >= 4 is 5.78 Å². The van der Waals surface area contributed by atoms with Gasteiger partial charge in [0.15, 0.2) is 0 Å². The fraction of sp³-hybridized carbons (Fsp3) is 0.750. The lowest BCUT2D eigenvalue weighted by atomic mass is 9.59. The third kappa shape index (κ3) is 1.45. The first kappa shape index (κ1) is 8.98. The van der Waals surface area contributed by atoms with Gasteiger partial charge >= 0.3 is 0 Å². The van der Waals surface area contributed by atoms with Crippen LogP contribution in [-0.2, 0) is 4.79 Å². The Morgan fingerprint density at radius 2 is 2.31 bits per heavy atom. The summed E-state index contributed by atoms with van der Waals surface area (Å²) >= 11 is 0. The van der Waals surface area contributed by atoms with Crippen LogP contribution in [0.25, 0.3) is 0 Å². The topological polar surface area (TPSA) is 17.1 Å². The maximum Gasteiger partial charge on any atom is 0.133 e. The van der Waals surface area contributed by atoms with Crippen LogP contribution < -0.4 is 0 Å². The Morgan fingerprint density at radius 3 is 3.08 bits per heavy atom. The highest BCUT2D eigenvalue weighted by Gasteiger charge is 2.42. The molecule has 0 amide bonds. The van der Waals surface area contributed by atoms with Crippen molar-refractivity contribution < 1.29 is 4.79 Å². The minimum absolute atomic E-state index is 0.419. The van der Waals surface area contributed by atoms with Crippen LogP contribution in [0.3, 0.4) is 0 Å². The summed E-state index contributed by atoms with van der Waals surface area (Å²) in [5.74, 6) is 1.69. The zero-order chi connectivity index (χ0) is 9.47. The number of hydrogen-bond acceptors (Lipinski definition) is 1. The highest BCUT2D eigenvalue weighted by atomic mass is 16.1. The van der Waals surface area contributed by atoms with E-state index < -0.39 is 0 Å². The maximum absolute atomic E-state index is 11.4. The molecule has 3 unspecified atom stereocenters. The number of Topliss-reactive ketones (excluding diaryl/α,β-unsaturated/α-hetero) is 1. The van der Waals surface area contributed by atoms with E-state index in [9.17, 15) is 4.79 Å². The molecule has 72 valence electrons. The van der Waals surface area contributed by atoms with E-state index in [1.54, 1.807) is 0 Å². The largest absolute Gasteiger partial charge is 0.300 e. The van der Waals surface area contributed by atoms with Crippen LogP contribution in [0.1, 0.15) is 39.5 Å². The Morgan fingerprint density at radius 1 is 1.54 bits per heavy atom. The van der Waals surface area contributed by atoms with Gasteiger partial charge in [-0.3, -0.25) is 4.79 Å². The average molecular weight is 178 g/mol. The van der Waals surface area contributed by atoms with Crippen LogP contribution in [-0.4, -0.2) is 5.78 Å². The summed E-state index contributed by atoms with van der Waals surface area (Å²) in [5, 5.41) is 0. The van der Waals surface area contributed by atoms with E-state index in [-0.39, 0.29) is 0 Å². The Bertz CT molecular complexity index is 254. The molecular formula is C12H18O. The molecule has 0 saturated heterocycles. The summed E-state index contributed by atoms with van der Waals surface area (Å²) in [4.78, 5) is 11.4. The second-order valence-corrected chi connectivity index (χ2v) is 4.99. The van der Waals surface area contributed by atoms with E-state index in [0.717, 1.165) is 19.3 Å². The molecule has 2 rings (SSSR count). The summed E-state index contributed by atoms with van der Waals surface area (Å²) in [7, 11) is 0. The van der Waals surface area contributed by atoms with Crippen molar-refractivity contribution in [2.24, 2.45) is 17.3 Å². The predicted molar refractivity (Wildman–Crippen MR) is 53.4 cm³/mol. The smallest absolute Gasteiger partial charge is 0.133 e. The van der Waals surface area contributed by atoms with Crippen LogP contribution in [0.5, 0.6) is 0 Å².